The number of aryl methyl sites for hydroxylation is 1. The molecule has 6 nitrogen and oxygen atoms in total. The standard InChI is InChI=1S/C13H17NO5/c1-4-14-8-7-9(12(16)18-5-2)10(11(14)15)13(17)19-6-3/h7-8H,4-6H2,1-3H3. The van der Waals surface area contributed by atoms with Gasteiger partial charge in [0.25, 0.3) is 5.56 Å². The first kappa shape index (κ1) is 14.9. The number of carbonyl (C=O) groups excluding carboxylic acids is 2. The fourth-order valence-electron chi connectivity index (χ4n) is 1.60. The summed E-state index contributed by atoms with van der Waals surface area (Å²) in [6.07, 6.45) is 1.46. The van der Waals surface area contributed by atoms with Crippen molar-refractivity contribution in [2.75, 3.05) is 13.2 Å². The molecule has 0 N–H and O–H groups in total. The normalized spacial score (nSPS) is 10.1. The predicted octanol–water partition coefficient (Wildman–Crippen LogP) is 1.22. The molecule has 0 bridgehead atoms. The second kappa shape index (κ2) is 6.72. The van der Waals surface area contributed by atoms with Crippen LogP contribution in [-0.4, -0.2) is 29.7 Å². The molecule has 104 valence electrons. The van der Waals surface area contributed by atoms with Crippen molar-refractivity contribution in [2.45, 2.75) is 27.3 Å². The van der Waals surface area contributed by atoms with E-state index in [1.54, 1.807) is 20.8 Å². The van der Waals surface area contributed by atoms with Gasteiger partial charge in [-0.1, -0.05) is 0 Å². The monoisotopic (exact) mass is 267 g/mol. The molecule has 1 aromatic rings. The third-order valence-electron chi connectivity index (χ3n) is 2.48. The highest BCUT2D eigenvalue weighted by Crippen LogP contribution is 2.08. The highest BCUT2D eigenvalue weighted by Gasteiger charge is 2.23. The lowest BCUT2D eigenvalue weighted by atomic mass is 10.1. The minimum absolute atomic E-state index is 0.0602. The lowest BCUT2D eigenvalue weighted by molar-refractivity contribution is 0.0476. The molecule has 0 amide bonds. The molecule has 0 fully saturated rings. The van der Waals surface area contributed by atoms with Crippen LogP contribution in [0.1, 0.15) is 41.5 Å². The average Bonchev–Trinajstić information content (AvgIpc) is 2.38. The Kier molecular flexibility index (Phi) is 5.29. The van der Waals surface area contributed by atoms with Crippen molar-refractivity contribution < 1.29 is 19.1 Å². The maximum atomic E-state index is 12.1. The minimum atomic E-state index is -0.807. The summed E-state index contributed by atoms with van der Waals surface area (Å²) >= 11 is 0. The van der Waals surface area contributed by atoms with Crippen molar-refractivity contribution in [3.05, 3.63) is 33.7 Å². The van der Waals surface area contributed by atoms with Gasteiger partial charge in [0.2, 0.25) is 0 Å². The topological polar surface area (TPSA) is 74.6 Å². The van der Waals surface area contributed by atoms with Gasteiger partial charge in [0, 0.05) is 12.7 Å². The number of carbonyl (C=O) groups is 2. The molecule has 0 atom stereocenters. The van der Waals surface area contributed by atoms with Crippen LogP contribution in [0.25, 0.3) is 0 Å². The molecule has 0 spiro atoms. The van der Waals surface area contributed by atoms with E-state index in [1.807, 2.05) is 0 Å². The van der Waals surface area contributed by atoms with Gasteiger partial charge in [-0.05, 0) is 26.8 Å². The summed E-state index contributed by atoms with van der Waals surface area (Å²) in [5.74, 6) is -1.51. The van der Waals surface area contributed by atoms with E-state index in [0.29, 0.717) is 6.54 Å². The van der Waals surface area contributed by atoms with Crippen LogP contribution in [0.15, 0.2) is 17.1 Å². The molecule has 0 unspecified atom stereocenters. The van der Waals surface area contributed by atoms with Gasteiger partial charge >= 0.3 is 11.9 Å². The van der Waals surface area contributed by atoms with E-state index in [2.05, 4.69) is 0 Å². The Morgan fingerprint density at radius 3 is 2.21 bits per heavy atom. The van der Waals surface area contributed by atoms with Crippen molar-refractivity contribution in [3.8, 4) is 0 Å². The smallest absolute Gasteiger partial charge is 0.344 e. The Morgan fingerprint density at radius 1 is 1.11 bits per heavy atom. The van der Waals surface area contributed by atoms with Gasteiger partial charge < -0.3 is 14.0 Å². The number of hydrogen-bond donors (Lipinski definition) is 0. The van der Waals surface area contributed by atoms with E-state index >= 15 is 0 Å². The zero-order valence-corrected chi connectivity index (χ0v) is 11.3. The number of rotatable bonds is 5. The summed E-state index contributed by atoms with van der Waals surface area (Å²) in [4.78, 5) is 35.7. The SMILES string of the molecule is CCOC(=O)c1ccn(CC)c(=O)c1C(=O)OCC. The zero-order chi connectivity index (χ0) is 14.4. The average molecular weight is 267 g/mol. The summed E-state index contributed by atoms with van der Waals surface area (Å²) in [5.41, 5.74) is -0.883. The maximum absolute atomic E-state index is 12.1. The third kappa shape index (κ3) is 3.21. The molecule has 1 rings (SSSR count). The lowest BCUT2D eigenvalue weighted by Crippen LogP contribution is -2.30. The molecule has 0 aliphatic rings. The summed E-state index contributed by atoms with van der Waals surface area (Å²) in [6, 6.07) is 1.40. The van der Waals surface area contributed by atoms with Crippen LogP contribution < -0.4 is 5.56 Å². The van der Waals surface area contributed by atoms with E-state index in [1.165, 1.54) is 16.8 Å². The van der Waals surface area contributed by atoms with Crippen molar-refractivity contribution in [2.24, 2.45) is 0 Å². The van der Waals surface area contributed by atoms with E-state index in [0.717, 1.165) is 0 Å². The van der Waals surface area contributed by atoms with Gasteiger partial charge in [-0.3, -0.25) is 4.79 Å². The van der Waals surface area contributed by atoms with E-state index in [9.17, 15) is 14.4 Å². The number of pyridine rings is 1. The Morgan fingerprint density at radius 2 is 1.68 bits per heavy atom. The lowest BCUT2D eigenvalue weighted by Gasteiger charge is -2.10. The number of aromatic nitrogens is 1. The summed E-state index contributed by atoms with van der Waals surface area (Å²) in [6.45, 7) is 5.73. The van der Waals surface area contributed by atoms with Crippen LogP contribution in [0.3, 0.4) is 0 Å². The fraction of sp³-hybridized carbons (Fsp3) is 0.462. The minimum Gasteiger partial charge on any atom is -0.462 e. The van der Waals surface area contributed by atoms with Crippen LogP contribution in [0.2, 0.25) is 0 Å². The first-order chi connectivity index (χ1) is 9.06. The first-order valence-electron chi connectivity index (χ1n) is 6.14. The Balaban J connectivity index is 3.39. The van der Waals surface area contributed by atoms with E-state index in [-0.39, 0.29) is 24.3 Å². The van der Waals surface area contributed by atoms with Gasteiger partial charge in [0.1, 0.15) is 5.56 Å². The summed E-state index contributed by atoms with van der Waals surface area (Å²) in [5, 5.41) is 0. The Bertz CT molecular complexity index is 532. The van der Waals surface area contributed by atoms with Gasteiger partial charge in [0.05, 0.1) is 18.8 Å². The van der Waals surface area contributed by atoms with Crippen molar-refractivity contribution in [3.63, 3.8) is 0 Å². The van der Waals surface area contributed by atoms with Gasteiger partial charge in [-0.2, -0.15) is 0 Å². The van der Waals surface area contributed by atoms with Crippen LogP contribution in [0.4, 0.5) is 0 Å². The van der Waals surface area contributed by atoms with Crippen LogP contribution in [0.5, 0.6) is 0 Å². The largest absolute Gasteiger partial charge is 0.462 e. The predicted molar refractivity (Wildman–Crippen MR) is 68.3 cm³/mol. The van der Waals surface area contributed by atoms with Crippen molar-refractivity contribution >= 4 is 11.9 Å². The molecule has 0 saturated carbocycles. The molecule has 0 aliphatic heterocycles. The van der Waals surface area contributed by atoms with Crippen LogP contribution >= 0.6 is 0 Å². The number of nitrogens with zero attached hydrogens (tertiary/aromatic N) is 1. The highest BCUT2D eigenvalue weighted by atomic mass is 16.5. The summed E-state index contributed by atoms with van der Waals surface area (Å²) < 4.78 is 11.0. The molecular formula is C13H17NO5. The maximum Gasteiger partial charge on any atom is 0.344 e. The van der Waals surface area contributed by atoms with Crippen molar-refractivity contribution in [1.82, 2.24) is 4.57 Å². The third-order valence-corrected chi connectivity index (χ3v) is 2.48. The highest BCUT2D eigenvalue weighted by molar-refractivity contribution is 6.02. The van der Waals surface area contributed by atoms with Gasteiger partial charge in [-0.25, -0.2) is 9.59 Å². The zero-order valence-electron chi connectivity index (χ0n) is 11.3. The molecule has 0 aromatic carbocycles. The molecule has 0 aliphatic carbocycles. The molecule has 0 saturated heterocycles. The molecule has 1 aromatic heterocycles. The molecule has 0 radical (unpaired) electrons. The number of ether oxygens (including phenoxy) is 2. The summed E-state index contributed by atoms with van der Waals surface area (Å²) in [7, 11) is 0. The molecule has 1 heterocycles. The second-order valence-corrected chi connectivity index (χ2v) is 3.64. The van der Waals surface area contributed by atoms with E-state index < -0.39 is 17.5 Å². The molecular weight excluding hydrogens is 250 g/mol. The quantitative estimate of drug-likeness (QED) is 0.750. The van der Waals surface area contributed by atoms with Gasteiger partial charge in [-0.15, -0.1) is 0 Å². The van der Waals surface area contributed by atoms with Crippen LogP contribution in [-0.2, 0) is 16.0 Å². The Hall–Kier alpha value is -2.11. The van der Waals surface area contributed by atoms with E-state index in [4.69, 9.17) is 9.47 Å². The second-order valence-electron chi connectivity index (χ2n) is 3.64. The Labute approximate surface area is 110 Å². The molecule has 19 heavy (non-hydrogen) atoms. The van der Waals surface area contributed by atoms with Crippen molar-refractivity contribution in [1.29, 1.82) is 0 Å². The number of esters is 2. The van der Waals surface area contributed by atoms with Gasteiger partial charge in [0.15, 0.2) is 0 Å². The van der Waals surface area contributed by atoms with Crippen LogP contribution in [0, 0.1) is 0 Å². The molecule has 6 heteroatoms. The first-order valence-corrected chi connectivity index (χ1v) is 6.14. The number of hydrogen-bond acceptors (Lipinski definition) is 5. The fourth-order valence-corrected chi connectivity index (χ4v) is 1.60.